The van der Waals surface area contributed by atoms with Crippen LogP contribution < -0.4 is 10.6 Å². The number of benzene rings is 3. The Balaban J connectivity index is 1.77. The SMILES string of the molecule is CC1(C)C[C@@](O)(C(F)(F)F)[C@H](NC(=O)Nc2cccc3ccccc23)c2ccc(F)c(O)c21. The van der Waals surface area contributed by atoms with Crippen LogP contribution >= 0.6 is 0 Å². The van der Waals surface area contributed by atoms with Gasteiger partial charge in [0, 0.05) is 10.9 Å². The highest BCUT2D eigenvalue weighted by molar-refractivity contribution is 6.01. The van der Waals surface area contributed by atoms with Gasteiger partial charge in [-0.25, -0.2) is 9.18 Å². The number of carbonyl (C=O) groups is 1. The number of anilines is 1. The molecule has 2 atom stereocenters. The standard InChI is InChI=1S/C24H22F4N2O3/c1-22(2)12-23(33,24(26,27)28)20(15-10-11-16(25)19(31)18(15)22)30-21(32)29-17-9-5-7-13-6-3-4-8-14(13)17/h3-11,20,31,33H,12H2,1-2H3,(H2,29,30,32)/t20-,23+/m1/s1. The van der Waals surface area contributed by atoms with Crippen molar-refractivity contribution in [3.8, 4) is 5.75 Å². The summed E-state index contributed by atoms with van der Waals surface area (Å²) >= 11 is 0. The Bertz CT molecular complexity index is 1240. The molecule has 4 N–H and O–H groups in total. The van der Waals surface area contributed by atoms with Crippen LogP contribution in [-0.4, -0.2) is 28.0 Å². The number of halogens is 4. The van der Waals surface area contributed by atoms with E-state index in [1.807, 2.05) is 18.2 Å². The number of urea groups is 1. The maximum atomic E-state index is 14.1. The highest BCUT2D eigenvalue weighted by Crippen LogP contribution is 2.55. The van der Waals surface area contributed by atoms with Crippen LogP contribution in [0, 0.1) is 5.82 Å². The van der Waals surface area contributed by atoms with E-state index < -0.39 is 47.3 Å². The third-order valence-corrected chi connectivity index (χ3v) is 6.14. The molecule has 0 spiro atoms. The molecule has 174 valence electrons. The minimum absolute atomic E-state index is 0.0908. The third kappa shape index (κ3) is 3.76. The molecular formula is C24H22F4N2O3. The van der Waals surface area contributed by atoms with Crippen molar-refractivity contribution >= 4 is 22.5 Å². The quantitative estimate of drug-likeness (QED) is 0.379. The first-order valence-electron chi connectivity index (χ1n) is 10.2. The fourth-order valence-electron chi connectivity index (χ4n) is 4.74. The Kier molecular flexibility index (Phi) is 5.28. The van der Waals surface area contributed by atoms with Crippen molar-refractivity contribution in [2.45, 2.75) is 43.5 Å². The van der Waals surface area contributed by atoms with Crippen LogP contribution in [0.1, 0.15) is 37.4 Å². The van der Waals surface area contributed by atoms with Gasteiger partial charge in [-0.05, 0) is 34.9 Å². The molecule has 3 aromatic carbocycles. The highest BCUT2D eigenvalue weighted by Gasteiger charge is 2.64. The molecule has 3 aromatic rings. The van der Waals surface area contributed by atoms with Crippen molar-refractivity contribution < 1.29 is 32.6 Å². The second kappa shape index (κ2) is 7.62. The highest BCUT2D eigenvalue weighted by atomic mass is 19.4. The van der Waals surface area contributed by atoms with Crippen LogP contribution in [0.2, 0.25) is 0 Å². The number of amides is 2. The lowest BCUT2D eigenvalue weighted by atomic mass is 9.63. The zero-order chi connectivity index (χ0) is 24.2. The Morgan fingerprint density at radius 2 is 1.73 bits per heavy atom. The molecule has 33 heavy (non-hydrogen) atoms. The first-order chi connectivity index (χ1) is 15.3. The molecule has 0 bridgehead atoms. The van der Waals surface area contributed by atoms with Gasteiger partial charge >= 0.3 is 12.2 Å². The zero-order valence-corrected chi connectivity index (χ0v) is 17.8. The van der Waals surface area contributed by atoms with Gasteiger partial charge in [-0.15, -0.1) is 0 Å². The minimum atomic E-state index is -5.12. The molecule has 1 aliphatic rings. The number of hydrogen-bond acceptors (Lipinski definition) is 3. The first-order valence-corrected chi connectivity index (χ1v) is 10.2. The van der Waals surface area contributed by atoms with Crippen molar-refractivity contribution in [2.75, 3.05) is 5.32 Å². The monoisotopic (exact) mass is 462 g/mol. The van der Waals surface area contributed by atoms with Gasteiger partial charge in [0.1, 0.15) is 0 Å². The summed E-state index contributed by atoms with van der Waals surface area (Å²) in [5, 5.41) is 27.4. The maximum absolute atomic E-state index is 14.1. The largest absolute Gasteiger partial charge is 0.505 e. The summed E-state index contributed by atoms with van der Waals surface area (Å²) in [6.45, 7) is 2.74. The van der Waals surface area contributed by atoms with E-state index in [-0.39, 0.29) is 11.1 Å². The Morgan fingerprint density at radius 1 is 1.06 bits per heavy atom. The van der Waals surface area contributed by atoms with E-state index in [0.717, 1.165) is 17.5 Å². The molecule has 2 amide bonds. The van der Waals surface area contributed by atoms with Crippen molar-refractivity contribution in [1.29, 1.82) is 0 Å². The molecule has 0 saturated heterocycles. The zero-order valence-electron chi connectivity index (χ0n) is 17.8. The molecule has 0 unspecified atom stereocenters. The fraction of sp³-hybridized carbons (Fsp3) is 0.292. The Labute approximate surface area is 187 Å². The first kappa shape index (κ1) is 22.8. The summed E-state index contributed by atoms with van der Waals surface area (Å²) in [7, 11) is 0. The topological polar surface area (TPSA) is 81.6 Å². The van der Waals surface area contributed by atoms with Crippen molar-refractivity contribution in [3.63, 3.8) is 0 Å². The van der Waals surface area contributed by atoms with Crippen LogP contribution in [0.25, 0.3) is 10.8 Å². The van der Waals surface area contributed by atoms with Crippen LogP contribution in [0.5, 0.6) is 5.75 Å². The van der Waals surface area contributed by atoms with E-state index in [9.17, 15) is 32.6 Å². The van der Waals surface area contributed by atoms with Gasteiger partial charge in [0.05, 0.1) is 11.7 Å². The number of rotatable bonds is 2. The van der Waals surface area contributed by atoms with Gasteiger partial charge < -0.3 is 20.8 Å². The fourth-order valence-corrected chi connectivity index (χ4v) is 4.74. The molecular weight excluding hydrogens is 440 g/mol. The van der Waals surface area contributed by atoms with Gasteiger partial charge in [-0.1, -0.05) is 56.3 Å². The number of hydrogen-bond donors (Lipinski definition) is 4. The molecule has 0 aliphatic heterocycles. The molecule has 4 rings (SSSR count). The summed E-state index contributed by atoms with van der Waals surface area (Å²) < 4.78 is 56.4. The number of aromatic hydroxyl groups is 1. The van der Waals surface area contributed by atoms with Crippen molar-refractivity contribution in [3.05, 3.63) is 71.5 Å². The van der Waals surface area contributed by atoms with Crippen LogP contribution in [0.4, 0.5) is 28.0 Å². The van der Waals surface area contributed by atoms with Crippen LogP contribution in [0.3, 0.4) is 0 Å². The van der Waals surface area contributed by atoms with Gasteiger partial charge in [0.2, 0.25) is 0 Å². The number of nitrogens with one attached hydrogen (secondary N) is 2. The predicted octanol–water partition coefficient (Wildman–Crippen LogP) is 5.52. The van der Waals surface area contributed by atoms with Gasteiger partial charge in [-0.2, -0.15) is 13.2 Å². The summed E-state index contributed by atoms with van der Waals surface area (Å²) in [6.07, 6.45) is -6.02. The van der Waals surface area contributed by atoms with E-state index in [0.29, 0.717) is 11.1 Å². The summed E-state index contributed by atoms with van der Waals surface area (Å²) in [5.74, 6) is -1.80. The number of phenolic OH excluding ortho intramolecular Hbond substituents is 1. The van der Waals surface area contributed by atoms with Crippen molar-refractivity contribution in [1.82, 2.24) is 5.32 Å². The second-order valence-corrected chi connectivity index (χ2v) is 8.90. The van der Waals surface area contributed by atoms with E-state index in [1.54, 1.807) is 24.3 Å². The van der Waals surface area contributed by atoms with E-state index >= 15 is 0 Å². The number of phenols is 1. The number of fused-ring (bicyclic) bond motifs is 2. The molecule has 0 saturated carbocycles. The number of aliphatic hydroxyl groups is 1. The summed E-state index contributed by atoms with van der Waals surface area (Å²) in [6, 6.07) is 11.1. The minimum Gasteiger partial charge on any atom is -0.505 e. The number of alkyl halides is 3. The number of carbonyl (C=O) groups excluding carboxylic acids is 1. The normalized spacial score (nSPS) is 22.0. The average Bonchev–Trinajstić information content (AvgIpc) is 2.72. The molecule has 9 heteroatoms. The van der Waals surface area contributed by atoms with Gasteiger partial charge in [-0.3, -0.25) is 0 Å². The van der Waals surface area contributed by atoms with E-state index in [1.165, 1.54) is 13.8 Å². The third-order valence-electron chi connectivity index (χ3n) is 6.14. The van der Waals surface area contributed by atoms with E-state index in [2.05, 4.69) is 10.6 Å². The van der Waals surface area contributed by atoms with Gasteiger partial charge in [0.25, 0.3) is 0 Å². The molecule has 0 heterocycles. The second-order valence-electron chi connectivity index (χ2n) is 8.90. The molecule has 0 radical (unpaired) electrons. The van der Waals surface area contributed by atoms with Crippen molar-refractivity contribution in [2.24, 2.45) is 0 Å². The molecule has 0 aromatic heterocycles. The summed E-state index contributed by atoms with van der Waals surface area (Å²) in [4.78, 5) is 12.8. The predicted molar refractivity (Wildman–Crippen MR) is 116 cm³/mol. The lowest BCUT2D eigenvalue weighted by Gasteiger charge is -2.48. The van der Waals surface area contributed by atoms with Crippen LogP contribution in [0.15, 0.2) is 54.6 Å². The van der Waals surface area contributed by atoms with Gasteiger partial charge in [0.15, 0.2) is 17.2 Å². The smallest absolute Gasteiger partial charge is 0.419 e. The Hall–Kier alpha value is -3.33. The maximum Gasteiger partial charge on any atom is 0.419 e. The van der Waals surface area contributed by atoms with Crippen LogP contribution in [-0.2, 0) is 5.41 Å². The molecule has 0 fully saturated rings. The summed E-state index contributed by atoms with van der Waals surface area (Å²) in [5.41, 5.74) is -4.73. The Morgan fingerprint density at radius 3 is 2.42 bits per heavy atom. The lowest BCUT2D eigenvalue weighted by Crippen LogP contribution is -2.61. The molecule has 5 nitrogen and oxygen atoms in total. The average molecular weight is 462 g/mol. The molecule has 1 aliphatic carbocycles. The van der Waals surface area contributed by atoms with E-state index in [4.69, 9.17) is 0 Å². The lowest BCUT2D eigenvalue weighted by molar-refractivity contribution is -0.280.